The van der Waals surface area contributed by atoms with Crippen molar-refractivity contribution < 1.29 is 14.3 Å². The average Bonchev–Trinajstić information content (AvgIpc) is 2.95. The van der Waals surface area contributed by atoms with E-state index in [1.54, 1.807) is 6.92 Å². The molecule has 0 aliphatic rings. The van der Waals surface area contributed by atoms with Crippen LogP contribution in [-0.4, -0.2) is 23.9 Å². The van der Waals surface area contributed by atoms with Crippen molar-refractivity contribution in [3.63, 3.8) is 0 Å². The third-order valence-corrected chi connectivity index (χ3v) is 4.52. The maximum absolute atomic E-state index is 11.6. The Hall–Kier alpha value is -3.15. The number of aromatic nitrogens is 1. The van der Waals surface area contributed by atoms with Crippen molar-refractivity contribution in [3.05, 3.63) is 42.5 Å². The number of nitrogens with zero attached hydrogens (tertiary/aromatic N) is 1. The van der Waals surface area contributed by atoms with Gasteiger partial charge in [0.25, 0.3) is 0 Å². The highest BCUT2D eigenvalue weighted by atomic mass is 16.5. The number of benzene rings is 2. The van der Waals surface area contributed by atoms with E-state index in [4.69, 9.17) is 15.2 Å². The molecule has 0 aliphatic carbocycles. The topological polar surface area (TPSA) is 78.5 Å². The monoisotopic (exact) mass is 381 g/mol. The van der Waals surface area contributed by atoms with Crippen LogP contribution in [0.2, 0.25) is 0 Å². The molecule has 0 saturated heterocycles. The summed E-state index contributed by atoms with van der Waals surface area (Å²) < 4.78 is 12.8. The standard InChI is InChI=1S/C22H27N3O3/c1-5-27-17-11-12-18-19(13-17)25(14(3)4)21(20(18)23)15-7-9-16(10-8-15)24-22(26)28-6-2/h7-14H,5-6,23H2,1-4H3,(H,24,26). The summed E-state index contributed by atoms with van der Waals surface area (Å²) in [5.74, 6) is 0.829. The molecule has 1 aromatic heterocycles. The molecule has 3 aromatic rings. The number of rotatable bonds is 6. The molecule has 28 heavy (non-hydrogen) atoms. The van der Waals surface area contributed by atoms with Crippen LogP contribution >= 0.6 is 0 Å². The Morgan fingerprint density at radius 1 is 1.11 bits per heavy atom. The second kappa shape index (κ2) is 8.25. The van der Waals surface area contributed by atoms with Crippen LogP contribution in [0.4, 0.5) is 16.2 Å². The van der Waals surface area contributed by atoms with E-state index >= 15 is 0 Å². The Labute approximate surface area is 165 Å². The van der Waals surface area contributed by atoms with Gasteiger partial charge in [-0.05, 0) is 52.0 Å². The summed E-state index contributed by atoms with van der Waals surface area (Å²) in [5, 5.41) is 3.71. The number of ether oxygens (including phenoxy) is 2. The van der Waals surface area contributed by atoms with Crippen molar-refractivity contribution in [2.45, 2.75) is 33.7 Å². The number of nitrogens with two attached hydrogens (primary N) is 1. The molecule has 0 spiro atoms. The lowest BCUT2D eigenvalue weighted by Gasteiger charge is -2.16. The number of nitrogen functional groups attached to an aromatic ring is 1. The molecule has 0 radical (unpaired) electrons. The normalized spacial score (nSPS) is 11.0. The summed E-state index contributed by atoms with van der Waals surface area (Å²) in [6.45, 7) is 8.95. The molecule has 1 heterocycles. The predicted molar refractivity (Wildman–Crippen MR) is 114 cm³/mol. The molecule has 6 nitrogen and oxygen atoms in total. The molecule has 0 unspecified atom stereocenters. The molecule has 148 valence electrons. The zero-order valence-electron chi connectivity index (χ0n) is 16.8. The maximum Gasteiger partial charge on any atom is 0.411 e. The molecular formula is C22H27N3O3. The van der Waals surface area contributed by atoms with Gasteiger partial charge in [0, 0.05) is 28.7 Å². The van der Waals surface area contributed by atoms with Crippen LogP contribution in [0.3, 0.4) is 0 Å². The number of hydrogen-bond acceptors (Lipinski definition) is 4. The highest BCUT2D eigenvalue weighted by molar-refractivity contribution is 6.01. The molecule has 0 aliphatic heterocycles. The van der Waals surface area contributed by atoms with E-state index in [-0.39, 0.29) is 6.04 Å². The Bertz CT molecular complexity index is 975. The molecular weight excluding hydrogens is 354 g/mol. The van der Waals surface area contributed by atoms with Crippen LogP contribution in [0.25, 0.3) is 22.2 Å². The average molecular weight is 381 g/mol. The van der Waals surface area contributed by atoms with Crippen LogP contribution in [0.5, 0.6) is 5.75 Å². The molecule has 0 bridgehead atoms. The molecule has 0 saturated carbocycles. The van der Waals surface area contributed by atoms with Gasteiger partial charge in [0.2, 0.25) is 0 Å². The van der Waals surface area contributed by atoms with Gasteiger partial charge in [-0.1, -0.05) is 12.1 Å². The van der Waals surface area contributed by atoms with Crippen molar-refractivity contribution in [1.29, 1.82) is 0 Å². The van der Waals surface area contributed by atoms with Crippen LogP contribution in [-0.2, 0) is 4.74 Å². The number of fused-ring (bicyclic) bond motifs is 1. The first kappa shape index (κ1) is 19.6. The minimum atomic E-state index is -0.463. The van der Waals surface area contributed by atoms with Gasteiger partial charge in [-0.2, -0.15) is 0 Å². The lowest BCUT2D eigenvalue weighted by atomic mass is 10.1. The quantitative estimate of drug-likeness (QED) is 0.596. The van der Waals surface area contributed by atoms with Gasteiger partial charge in [0.05, 0.1) is 30.1 Å². The molecule has 2 aromatic carbocycles. The molecule has 1 amide bonds. The highest BCUT2D eigenvalue weighted by Gasteiger charge is 2.19. The summed E-state index contributed by atoms with van der Waals surface area (Å²) in [6.07, 6.45) is -0.463. The molecule has 0 atom stereocenters. The predicted octanol–water partition coefficient (Wildman–Crippen LogP) is 5.44. The smallest absolute Gasteiger partial charge is 0.411 e. The Morgan fingerprint density at radius 2 is 1.82 bits per heavy atom. The van der Waals surface area contributed by atoms with Crippen molar-refractivity contribution in [2.24, 2.45) is 0 Å². The number of carbonyl (C=O) groups is 1. The van der Waals surface area contributed by atoms with Crippen LogP contribution < -0.4 is 15.8 Å². The maximum atomic E-state index is 11.6. The Kier molecular flexibility index (Phi) is 5.78. The van der Waals surface area contributed by atoms with E-state index < -0.39 is 6.09 Å². The molecule has 6 heteroatoms. The van der Waals surface area contributed by atoms with E-state index in [1.165, 1.54) is 0 Å². The lowest BCUT2D eigenvalue weighted by molar-refractivity contribution is 0.168. The zero-order valence-corrected chi connectivity index (χ0v) is 16.8. The summed E-state index contributed by atoms with van der Waals surface area (Å²) in [6, 6.07) is 13.8. The summed E-state index contributed by atoms with van der Waals surface area (Å²) in [4.78, 5) is 11.6. The van der Waals surface area contributed by atoms with Gasteiger partial charge in [-0.25, -0.2) is 4.79 Å². The first-order valence-electron chi connectivity index (χ1n) is 9.56. The fourth-order valence-corrected chi connectivity index (χ4v) is 3.40. The van der Waals surface area contributed by atoms with E-state index in [0.29, 0.717) is 18.9 Å². The molecule has 0 fully saturated rings. The van der Waals surface area contributed by atoms with Crippen molar-refractivity contribution in [3.8, 4) is 17.0 Å². The number of nitrogens with one attached hydrogen (secondary N) is 1. The van der Waals surface area contributed by atoms with E-state index in [9.17, 15) is 4.79 Å². The lowest BCUT2D eigenvalue weighted by Crippen LogP contribution is -2.13. The van der Waals surface area contributed by atoms with Crippen molar-refractivity contribution >= 4 is 28.4 Å². The van der Waals surface area contributed by atoms with Crippen molar-refractivity contribution in [1.82, 2.24) is 4.57 Å². The zero-order chi connectivity index (χ0) is 20.3. The molecule has 3 rings (SSSR count). The number of hydrogen-bond donors (Lipinski definition) is 2. The molecule has 3 N–H and O–H groups in total. The fourth-order valence-electron chi connectivity index (χ4n) is 3.40. The van der Waals surface area contributed by atoms with Gasteiger partial charge >= 0.3 is 6.09 Å². The number of anilines is 2. The highest BCUT2D eigenvalue weighted by Crippen LogP contribution is 2.40. The fraction of sp³-hybridized carbons (Fsp3) is 0.318. The summed E-state index contributed by atoms with van der Waals surface area (Å²) in [5.41, 5.74) is 10.9. The first-order chi connectivity index (χ1) is 13.5. The minimum absolute atomic E-state index is 0.212. The Morgan fingerprint density at radius 3 is 2.43 bits per heavy atom. The number of carbonyl (C=O) groups excluding carboxylic acids is 1. The van der Waals surface area contributed by atoms with Gasteiger partial charge < -0.3 is 19.8 Å². The summed E-state index contributed by atoms with van der Waals surface area (Å²) in [7, 11) is 0. The minimum Gasteiger partial charge on any atom is -0.494 e. The van der Waals surface area contributed by atoms with E-state index in [1.807, 2.05) is 49.4 Å². The third kappa shape index (κ3) is 3.76. The van der Waals surface area contributed by atoms with E-state index in [2.05, 4.69) is 23.7 Å². The second-order valence-corrected chi connectivity index (χ2v) is 6.76. The van der Waals surface area contributed by atoms with Gasteiger partial charge in [0.15, 0.2) is 0 Å². The first-order valence-corrected chi connectivity index (χ1v) is 9.56. The SMILES string of the molecule is CCOC(=O)Nc1ccc(-c2c(N)c3ccc(OCC)cc3n2C(C)C)cc1. The van der Waals surface area contributed by atoms with Crippen molar-refractivity contribution in [2.75, 3.05) is 24.3 Å². The van der Waals surface area contributed by atoms with E-state index in [0.717, 1.165) is 33.6 Å². The van der Waals surface area contributed by atoms with Crippen LogP contribution in [0.1, 0.15) is 33.7 Å². The van der Waals surface area contributed by atoms with Gasteiger partial charge in [-0.3, -0.25) is 5.32 Å². The van der Waals surface area contributed by atoms with Gasteiger partial charge in [-0.15, -0.1) is 0 Å². The largest absolute Gasteiger partial charge is 0.494 e. The van der Waals surface area contributed by atoms with Crippen LogP contribution in [0, 0.1) is 0 Å². The van der Waals surface area contributed by atoms with Gasteiger partial charge in [0.1, 0.15) is 5.75 Å². The number of amides is 1. The second-order valence-electron chi connectivity index (χ2n) is 6.76. The summed E-state index contributed by atoms with van der Waals surface area (Å²) >= 11 is 0. The third-order valence-electron chi connectivity index (χ3n) is 4.52. The Balaban J connectivity index is 2.05. The van der Waals surface area contributed by atoms with Crippen LogP contribution in [0.15, 0.2) is 42.5 Å².